The van der Waals surface area contributed by atoms with Crippen molar-refractivity contribution in [2.75, 3.05) is 26.7 Å². The van der Waals surface area contributed by atoms with Crippen LogP contribution in [-0.2, 0) is 4.79 Å². The Labute approximate surface area is 105 Å². The van der Waals surface area contributed by atoms with Crippen molar-refractivity contribution in [3.8, 4) is 0 Å². The molecule has 1 saturated carbocycles. The van der Waals surface area contributed by atoms with E-state index in [4.69, 9.17) is 0 Å². The second-order valence-electron chi connectivity index (χ2n) is 5.07. The molecule has 0 saturated heterocycles. The third-order valence-corrected chi connectivity index (χ3v) is 3.49. The lowest BCUT2D eigenvalue weighted by Gasteiger charge is -2.23. The van der Waals surface area contributed by atoms with Crippen molar-refractivity contribution in [2.45, 2.75) is 51.6 Å². The third-order valence-electron chi connectivity index (χ3n) is 3.49. The molecule has 0 aromatic rings. The van der Waals surface area contributed by atoms with Crippen LogP contribution in [0.5, 0.6) is 0 Å². The molecule has 1 aliphatic rings. The Kier molecular flexibility index (Phi) is 6.52. The van der Waals surface area contributed by atoms with E-state index < -0.39 is 0 Å². The molecule has 0 bridgehead atoms. The van der Waals surface area contributed by atoms with Crippen LogP contribution < -0.4 is 10.6 Å². The van der Waals surface area contributed by atoms with Crippen molar-refractivity contribution >= 4 is 5.91 Å². The van der Waals surface area contributed by atoms with Crippen LogP contribution in [0, 0.1) is 0 Å². The van der Waals surface area contributed by atoms with Crippen LogP contribution in [0.4, 0.5) is 0 Å². The molecular formula is C13H27N3O. The van der Waals surface area contributed by atoms with Gasteiger partial charge in [0.05, 0.1) is 0 Å². The lowest BCUT2D eigenvalue weighted by atomic mass is 10.2. The summed E-state index contributed by atoms with van der Waals surface area (Å²) in [5.74, 6) is 0.163. The largest absolute Gasteiger partial charge is 0.355 e. The molecule has 1 atom stereocenters. The SMILES string of the molecule is CCC(C)N(C)CCNC(=O)CCNC1CC1. The van der Waals surface area contributed by atoms with Gasteiger partial charge < -0.3 is 15.5 Å². The van der Waals surface area contributed by atoms with Crippen LogP contribution >= 0.6 is 0 Å². The molecule has 100 valence electrons. The number of hydrogen-bond donors (Lipinski definition) is 2. The van der Waals surface area contributed by atoms with E-state index >= 15 is 0 Å². The maximum absolute atomic E-state index is 11.5. The minimum Gasteiger partial charge on any atom is -0.355 e. The summed E-state index contributed by atoms with van der Waals surface area (Å²) in [5.41, 5.74) is 0. The summed E-state index contributed by atoms with van der Waals surface area (Å²) in [5, 5.41) is 6.31. The molecular weight excluding hydrogens is 214 g/mol. The predicted octanol–water partition coefficient (Wildman–Crippen LogP) is 0.975. The van der Waals surface area contributed by atoms with Gasteiger partial charge in [0, 0.05) is 38.1 Å². The third kappa shape index (κ3) is 6.64. The first kappa shape index (κ1) is 14.5. The van der Waals surface area contributed by atoms with Gasteiger partial charge in [-0.15, -0.1) is 0 Å². The second-order valence-corrected chi connectivity index (χ2v) is 5.07. The number of hydrogen-bond acceptors (Lipinski definition) is 3. The quantitative estimate of drug-likeness (QED) is 0.632. The van der Waals surface area contributed by atoms with E-state index in [1.165, 1.54) is 12.8 Å². The number of carbonyl (C=O) groups excluding carboxylic acids is 1. The summed E-state index contributed by atoms with van der Waals surface area (Å²) in [6.45, 7) is 6.89. The highest BCUT2D eigenvalue weighted by atomic mass is 16.1. The molecule has 1 unspecified atom stereocenters. The van der Waals surface area contributed by atoms with E-state index in [-0.39, 0.29) is 5.91 Å². The molecule has 1 aliphatic carbocycles. The Bertz CT molecular complexity index is 229. The van der Waals surface area contributed by atoms with Crippen molar-refractivity contribution < 1.29 is 4.79 Å². The molecule has 1 fully saturated rings. The minimum atomic E-state index is 0.163. The Hall–Kier alpha value is -0.610. The minimum absolute atomic E-state index is 0.163. The maximum atomic E-state index is 11.5. The molecule has 0 heterocycles. The summed E-state index contributed by atoms with van der Waals surface area (Å²) < 4.78 is 0. The normalized spacial score (nSPS) is 17.2. The lowest BCUT2D eigenvalue weighted by Crippen LogP contribution is -2.37. The van der Waals surface area contributed by atoms with Gasteiger partial charge in [-0.3, -0.25) is 4.79 Å². The van der Waals surface area contributed by atoms with Gasteiger partial charge in [-0.25, -0.2) is 0 Å². The fraction of sp³-hybridized carbons (Fsp3) is 0.923. The van der Waals surface area contributed by atoms with Crippen LogP contribution in [0.2, 0.25) is 0 Å². The standard InChI is InChI=1S/C13H27N3O/c1-4-11(2)16(3)10-9-15-13(17)7-8-14-12-5-6-12/h11-12,14H,4-10H2,1-3H3,(H,15,17). The van der Waals surface area contributed by atoms with Crippen LogP contribution in [0.25, 0.3) is 0 Å². The molecule has 1 rings (SSSR count). The number of nitrogens with one attached hydrogen (secondary N) is 2. The van der Waals surface area contributed by atoms with E-state index in [9.17, 15) is 4.79 Å². The highest BCUT2D eigenvalue weighted by Crippen LogP contribution is 2.18. The van der Waals surface area contributed by atoms with Gasteiger partial charge in [0.15, 0.2) is 0 Å². The molecule has 0 aromatic heterocycles. The molecule has 0 radical (unpaired) electrons. The maximum Gasteiger partial charge on any atom is 0.221 e. The van der Waals surface area contributed by atoms with Gasteiger partial charge in [0.2, 0.25) is 5.91 Å². The van der Waals surface area contributed by atoms with E-state index in [0.717, 1.165) is 26.1 Å². The summed E-state index contributed by atoms with van der Waals surface area (Å²) in [6, 6.07) is 1.28. The van der Waals surface area contributed by atoms with E-state index in [1.807, 2.05) is 0 Å². The molecule has 2 N–H and O–H groups in total. The fourth-order valence-electron chi connectivity index (χ4n) is 1.67. The summed E-state index contributed by atoms with van der Waals surface area (Å²) in [7, 11) is 2.11. The number of rotatable bonds is 9. The van der Waals surface area contributed by atoms with Crippen LogP contribution in [0.3, 0.4) is 0 Å². The smallest absolute Gasteiger partial charge is 0.221 e. The van der Waals surface area contributed by atoms with Gasteiger partial charge in [0.25, 0.3) is 0 Å². The highest BCUT2D eigenvalue weighted by molar-refractivity contribution is 5.76. The van der Waals surface area contributed by atoms with Crippen molar-refractivity contribution in [1.29, 1.82) is 0 Å². The van der Waals surface area contributed by atoms with Gasteiger partial charge in [-0.2, -0.15) is 0 Å². The Morgan fingerprint density at radius 2 is 2.12 bits per heavy atom. The first-order valence-electron chi connectivity index (χ1n) is 6.83. The average molecular weight is 241 g/mol. The first-order valence-corrected chi connectivity index (χ1v) is 6.83. The Morgan fingerprint density at radius 1 is 1.41 bits per heavy atom. The average Bonchev–Trinajstić information content (AvgIpc) is 3.11. The summed E-state index contributed by atoms with van der Waals surface area (Å²) in [6.07, 6.45) is 4.31. The van der Waals surface area contributed by atoms with Gasteiger partial charge in [-0.1, -0.05) is 6.92 Å². The van der Waals surface area contributed by atoms with Crippen LogP contribution in [0.1, 0.15) is 39.5 Å². The van der Waals surface area contributed by atoms with Crippen LogP contribution in [0.15, 0.2) is 0 Å². The Morgan fingerprint density at radius 3 is 2.71 bits per heavy atom. The molecule has 1 amide bonds. The molecule has 0 aromatic carbocycles. The molecule has 4 heteroatoms. The number of amides is 1. The van der Waals surface area contributed by atoms with Crippen molar-refractivity contribution in [3.63, 3.8) is 0 Å². The predicted molar refractivity (Wildman–Crippen MR) is 71.0 cm³/mol. The second kappa shape index (κ2) is 7.67. The number of likely N-dealkylation sites (N-methyl/N-ethyl adjacent to an activating group) is 1. The summed E-state index contributed by atoms with van der Waals surface area (Å²) in [4.78, 5) is 13.8. The van der Waals surface area contributed by atoms with E-state index in [2.05, 4.69) is 36.4 Å². The highest BCUT2D eigenvalue weighted by Gasteiger charge is 2.19. The molecule has 4 nitrogen and oxygen atoms in total. The lowest BCUT2D eigenvalue weighted by molar-refractivity contribution is -0.121. The number of carbonyl (C=O) groups is 1. The van der Waals surface area contributed by atoms with Gasteiger partial charge >= 0.3 is 0 Å². The first-order chi connectivity index (χ1) is 8.13. The van der Waals surface area contributed by atoms with Crippen molar-refractivity contribution in [3.05, 3.63) is 0 Å². The monoisotopic (exact) mass is 241 g/mol. The molecule has 0 spiro atoms. The zero-order valence-electron chi connectivity index (χ0n) is 11.5. The topological polar surface area (TPSA) is 44.4 Å². The molecule has 17 heavy (non-hydrogen) atoms. The zero-order chi connectivity index (χ0) is 12.7. The summed E-state index contributed by atoms with van der Waals surface area (Å²) >= 11 is 0. The van der Waals surface area contributed by atoms with Crippen molar-refractivity contribution in [2.24, 2.45) is 0 Å². The van der Waals surface area contributed by atoms with E-state index in [1.54, 1.807) is 0 Å². The van der Waals surface area contributed by atoms with Crippen molar-refractivity contribution in [1.82, 2.24) is 15.5 Å². The Balaban J connectivity index is 1.94. The zero-order valence-corrected chi connectivity index (χ0v) is 11.5. The van der Waals surface area contributed by atoms with Gasteiger partial charge in [-0.05, 0) is 33.2 Å². The number of nitrogens with zero attached hydrogens (tertiary/aromatic N) is 1. The fourth-order valence-corrected chi connectivity index (χ4v) is 1.67. The van der Waals surface area contributed by atoms with E-state index in [0.29, 0.717) is 18.5 Å². The van der Waals surface area contributed by atoms with Gasteiger partial charge in [0.1, 0.15) is 0 Å². The van der Waals surface area contributed by atoms with Crippen LogP contribution in [-0.4, -0.2) is 49.6 Å². The molecule has 0 aliphatic heterocycles.